The van der Waals surface area contributed by atoms with E-state index in [1.807, 2.05) is 30.3 Å². The Morgan fingerprint density at radius 3 is 2.60 bits per heavy atom. The van der Waals surface area contributed by atoms with Gasteiger partial charge >= 0.3 is 0 Å². The van der Waals surface area contributed by atoms with Gasteiger partial charge in [-0.25, -0.2) is 0 Å². The molecular formula is C15H13BrCl2O2. The third-order valence-electron chi connectivity index (χ3n) is 2.80. The minimum atomic E-state index is 0.335. The summed E-state index contributed by atoms with van der Waals surface area (Å²) in [7, 11) is 1.61. The van der Waals surface area contributed by atoms with Crippen molar-refractivity contribution in [1.82, 2.24) is 0 Å². The summed E-state index contributed by atoms with van der Waals surface area (Å²) in [6.45, 7) is 0.335. The summed E-state index contributed by atoms with van der Waals surface area (Å²) in [4.78, 5) is 0. The predicted molar refractivity (Wildman–Crippen MR) is 86.4 cm³/mol. The van der Waals surface area contributed by atoms with Gasteiger partial charge in [0.25, 0.3) is 0 Å². The molecule has 0 aliphatic carbocycles. The Labute approximate surface area is 136 Å². The van der Waals surface area contributed by atoms with Crippen LogP contribution in [0.5, 0.6) is 11.5 Å². The van der Waals surface area contributed by atoms with E-state index < -0.39 is 0 Å². The first-order valence-electron chi connectivity index (χ1n) is 5.94. The summed E-state index contributed by atoms with van der Waals surface area (Å²) < 4.78 is 11.1. The van der Waals surface area contributed by atoms with Crippen LogP contribution in [0.25, 0.3) is 0 Å². The summed E-state index contributed by atoms with van der Waals surface area (Å²) >= 11 is 15.5. The van der Waals surface area contributed by atoms with Crippen molar-refractivity contribution in [2.45, 2.75) is 11.9 Å². The lowest BCUT2D eigenvalue weighted by Gasteiger charge is -2.13. The molecule has 20 heavy (non-hydrogen) atoms. The van der Waals surface area contributed by atoms with E-state index in [1.54, 1.807) is 13.2 Å². The van der Waals surface area contributed by atoms with Crippen LogP contribution >= 0.6 is 39.1 Å². The molecule has 0 aliphatic heterocycles. The predicted octanol–water partition coefficient (Wildman–Crippen LogP) is 5.48. The lowest BCUT2D eigenvalue weighted by molar-refractivity contribution is 0.284. The molecule has 2 rings (SSSR count). The highest BCUT2D eigenvalue weighted by atomic mass is 79.9. The maximum absolute atomic E-state index is 6.14. The van der Waals surface area contributed by atoms with E-state index in [4.69, 9.17) is 32.7 Å². The third kappa shape index (κ3) is 3.60. The number of halogens is 3. The van der Waals surface area contributed by atoms with E-state index in [9.17, 15) is 0 Å². The molecular weight excluding hydrogens is 363 g/mol. The van der Waals surface area contributed by atoms with Gasteiger partial charge in [0.1, 0.15) is 6.61 Å². The van der Waals surface area contributed by atoms with E-state index in [0.29, 0.717) is 28.2 Å². The molecule has 0 amide bonds. The molecule has 0 aromatic heterocycles. The van der Waals surface area contributed by atoms with Gasteiger partial charge in [-0.2, -0.15) is 0 Å². The fraction of sp³-hybridized carbons (Fsp3) is 0.200. The van der Waals surface area contributed by atoms with Crippen LogP contribution in [-0.4, -0.2) is 7.11 Å². The number of rotatable bonds is 5. The standard InChI is InChI=1S/C15H13BrCl2O2/c1-19-13-6-5-10(8-16)7-14(13)20-9-11-3-2-4-12(17)15(11)18/h2-7H,8-9H2,1H3. The minimum Gasteiger partial charge on any atom is -0.493 e. The third-order valence-corrected chi connectivity index (χ3v) is 4.30. The highest BCUT2D eigenvalue weighted by molar-refractivity contribution is 9.08. The van der Waals surface area contributed by atoms with E-state index in [-0.39, 0.29) is 0 Å². The zero-order valence-corrected chi connectivity index (χ0v) is 13.9. The Bertz CT molecular complexity index is 602. The molecule has 0 saturated carbocycles. The van der Waals surface area contributed by atoms with Gasteiger partial charge in [-0.3, -0.25) is 0 Å². The Kier molecular flexibility index (Phi) is 5.58. The van der Waals surface area contributed by atoms with Crippen molar-refractivity contribution in [2.75, 3.05) is 7.11 Å². The van der Waals surface area contributed by atoms with Crippen molar-refractivity contribution in [3.05, 3.63) is 57.6 Å². The SMILES string of the molecule is COc1ccc(CBr)cc1OCc1cccc(Cl)c1Cl. The smallest absolute Gasteiger partial charge is 0.161 e. The van der Waals surface area contributed by atoms with Gasteiger partial charge in [-0.15, -0.1) is 0 Å². The second-order valence-electron chi connectivity index (χ2n) is 4.12. The van der Waals surface area contributed by atoms with Crippen LogP contribution in [0.1, 0.15) is 11.1 Å². The molecule has 0 fully saturated rings. The molecule has 0 bridgehead atoms. The lowest BCUT2D eigenvalue weighted by Crippen LogP contribution is -1.99. The van der Waals surface area contributed by atoms with Gasteiger partial charge in [-0.1, -0.05) is 57.3 Å². The number of alkyl halides is 1. The van der Waals surface area contributed by atoms with E-state index >= 15 is 0 Å². The molecule has 106 valence electrons. The second kappa shape index (κ2) is 7.21. The molecule has 0 aliphatic rings. The van der Waals surface area contributed by atoms with Crippen molar-refractivity contribution < 1.29 is 9.47 Å². The summed E-state index contributed by atoms with van der Waals surface area (Å²) in [6.07, 6.45) is 0. The summed E-state index contributed by atoms with van der Waals surface area (Å²) in [5, 5.41) is 1.80. The number of hydrogen-bond donors (Lipinski definition) is 0. The molecule has 0 unspecified atom stereocenters. The van der Waals surface area contributed by atoms with E-state index in [2.05, 4.69) is 15.9 Å². The van der Waals surface area contributed by atoms with Crippen LogP contribution in [0.15, 0.2) is 36.4 Å². The van der Waals surface area contributed by atoms with Gasteiger partial charge < -0.3 is 9.47 Å². The zero-order valence-electron chi connectivity index (χ0n) is 10.8. The Morgan fingerprint density at radius 2 is 1.90 bits per heavy atom. The van der Waals surface area contributed by atoms with Gasteiger partial charge in [0.05, 0.1) is 17.2 Å². The average molecular weight is 376 g/mol. The molecule has 0 N–H and O–H groups in total. The number of methoxy groups -OCH3 is 1. The summed E-state index contributed by atoms with van der Waals surface area (Å²) in [5.41, 5.74) is 1.95. The van der Waals surface area contributed by atoms with E-state index in [0.717, 1.165) is 16.5 Å². The molecule has 0 heterocycles. The second-order valence-corrected chi connectivity index (χ2v) is 5.47. The van der Waals surface area contributed by atoms with Crippen molar-refractivity contribution in [1.29, 1.82) is 0 Å². The number of benzene rings is 2. The maximum Gasteiger partial charge on any atom is 0.161 e. The molecule has 2 aromatic carbocycles. The van der Waals surface area contributed by atoms with Crippen molar-refractivity contribution in [3.63, 3.8) is 0 Å². The molecule has 0 radical (unpaired) electrons. The van der Waals surface area contributed by atoms with Crippen molar-refractivity contribution >= 4 is 39.1 Å². The van der Waals surface area contributed by atoms with Crippen LogP contribution in [0.4, 0.5) is 0 Å². The first kappa shape index (κ1) is 15.5. The van der Waals surface area contributed by atoms with Gasteiger partial charge in [0.15, 0.2) is 11.5 Å². The van der Waals surface area contributed by atoms with Crippen LogP contribution in [0, 0.1) is 0 Å². The monoisotopic (exact) mass is 374 g/mol. The van der Waals surface area contributed by atoms with Gasteiger partial charge in [-0.05, 0) is 23.8 Å². The topological polar surface area (TPSA) is 18.5 Å². The Morgan fingerprint density at radius 1 is 1.10 bits per heavy atom. The molecule has 5 heteroatoms. The lowest BCUT2D eigenvalue weighted by atomic mass is 10.2. The minimum absolute atomic E-state index is 0.335. The van der Waals surface area contributed by atoms with Gasteiger partial charge in [0, 0.05) is 10.9 Å². The number of ether oxygens (including phenoxy) is 2. The normalized spacial score (nSPS) is 10.4. The maximum atomic E-state index is 6.14. The van der Waals surface area contributed by atoms with Crippen LogP contribution < -0.4 is 9.47 Å². The van der Waals surface area contributed by atoms with Crippen molar-refractivity contribution in [2.24, 2.45) is 0 Å². The average Bonchev–Trinajstić information content (AvgIpc) is 2.48. The quantitative estimate of drug-likeness (QED) is 0.644. The van der Waals surface area contributed by atoms with E-state index in [1.165, 1.54) is 0 Å². The van der Waals surface area contributed by atoms with Crippen LogP contribution in [0.3, 0.4) is 0 Å². The fourth-order valence-electron chi connectivity index (χ4n) is 1.73. The van der Waals surface area contributed by atoms with Gasteiger partial charge in [0.2, 0.25) is 0 Å². The molecule has 0 spiro atoms. The number of hydrogen-bond acceptors (Lipinski definition) is 2. The Hall–Kier alpha value is -0.900. The van der Waals surface area contributed by atoms with Crippen LogP contribution in [0.2, 0.25) is 10.0 Å². The highest BCUT2D eigenvalue weighted by Crippen LogP contribution is 2.31. The fourth-order valence-corrected chi connectivity index (χ4v) is 2.46. The molecule has 2 aromatic rings. The first-order chi connectivity index (χ1) is 9.65. The molecule has 2 nitrogen and oxygen atoms in total. The summed E-state index contributed by atoms with van der Waals surface area (Å²) in [6, 6.07) is 11.3. The first-order valence-corrected chi connectivity index (χ1v) is 7.82. The highest BCUT2D eigenvalue weighted by Gasteiger charge is 2.09. The van der Waals surface area contributed by atoms with Crippen molar-refractivity contribution in [3.8, 4) is 11.5 Å². The zero-order chi connectivity index (χ0) is 14.5. The Balaban J connectivity index is 2.19. The van der Waals surface area contributed by atoms with Crippen LogP contribution in [-0.2, 0) is 11.9 Å². The summed E-state index contributed by atoms with van der Waals surface area (Å²) in [5.74, 6) is 1.37. The largest absolute Gasteiger partial charge is 0.493 e. The molecule has 0 atom stereocenters. The molecule has 0 saturated heterocycles.